The van der Waals surface area contributed by atoms with Crippen LogP contribution >= 0.6 is 0 Å². The molecule has 0 bridgehead atoms. The lowest BCUT2D eigenvalue weighted by Crippen LogP contribution is -2.29. The first kappa shape index (κ1) is 49.3. The molecule has 0 saturated carbocycles. The number of aliphatic hydroxyl groups is 1. The number of allylic oxidation sites excluding steroid dienone is 1. The Hall–Kier alpha value is -0.670. The van der Waals surface area contributed by atoms with E-state index in [1.54, 1.807) is 0 Å². The zero-order chi connectivity index (χ0) is 36.6. The Bertz CT molecular complexity index is 675. The number of ketones is 1. The third kappa shape index (κ3) is 37.1. The van der Waals surface area contributed by atoms with E-state index in [0.717, 1.165) is 64.1 Å². The van der Waals surface area contributed by atoms with Crippen molar-refractivity contribution in [2.45, 2.75) is 252 Å². The van der Waals surface area contributed by atoms with Gasteiger partial charge < -0.3 is 10.0 Å². The summed E-state index contributed by atoms with van der Waals surface area (Å²) in [5.41, 5.74) is 1.52. The molecule has 0 spiro atoms. The summed E-state index contributed by atoms with van der Waals surface area (Å²) in [5.74, 6) is 1.34. The molecule has 0 unspecified atom stereocenters. The average Bonchev–Trinajstić information content (AvgIpc) is 3.11. The molecule has 50 heavy (non-hydrogen) atoms. The Labute approximate surface area is 316 Å². The standard InChI is InChI=1S/C47H93NO2/c1-5-8-11-14-17-18-19-20-25-31-38-47(50)39-32-27-34-41-48(42-43-49)40-33-26-21-22-28-35-45(4)44-46(36-29-23-15-12-9-6-2)37-30-24-16-13-10-7-3/h46,49H,4-44H2,1-3H3. The van der Waals surface area contributed by atoms with Crippen LogP contribution in [0.2, 0.25) is 0 Å². The van der Waals surface area contributed by atoms with Crippen molar-refractivity contribution in [3.8, 4) is 0 Å². The van der Waals surface area contributed by atoms with E-state index in [4.69, 9.17) is 0 Å². The maximum Gasteiger partial charge on any atom is 0.132 e. The quantitative estimate of drug-likeness (QED) is 0.0508. The van der Waals surface area contributed by atoms with Gasteiger partial charge in [0, 0.05) is 19.4 Å². The Balaban J connectivity index is 3.96. The first-order chi connectivity index (χ1) is 24.6. The van der Waals surface area contributed by atoms with E-state index in [2.05, 4.69) is 32.3 Å². The van der Waals surface area contributed by atoms with Gasteiger partial charge in [-0.2, -0.15) is 0 Å². The van der Waals surface area contributed by atoms with Crippen LogP contribution in [0.5, 0.6) is 0 Å². The molecule has 3 nitrogen and oxygen atoms in total. The number of Topliss-reactive ketones (excluding diaryl/α,β-unsaturated/α-hetero) is 1. The van der Waals surface area contributed by atoms with E-state index in [-0.39, 0.29) is 6.61 Å². The van der Waals surface area contributed by atoms with Gasteiger partial charge in [-0.3, -0.25) is 4.79 Å². The Morgan fingerprint density at radius 1 is 0.460 bits per heavy atom. The molecule has 0 rings (SSSR count). The van der Waals surface area contributed by atoms with Crippen molar-refractivity contribution in [1.29, 1.82) is 0 Å². The van der Waals surface area contributed by atoms with Crippen LogP contribution < -0.4 is 0 Å². The van der Waals surface area contributed by atoms with E-state index in [1.807, 2.05) is 0 Å². The zero-order valence-electron chi connectivity index (χ0n) is 34.9. The fourth-order valence-corrected chi connectivity index (χ4v) is 7.77. The van der Waals surface area contributed by atoms with Crippen LogP contribution in [0.3, 0.4) is 0 Å². The number of rotatable bonds is 43. The first-order valence-electron chi connectivity index (χ1n) is 23.1. The van der Waals surface area contributed by atoms with Crippen LogP contribution in [0.15, 0.2) is 12.2 Å². The Morgan fingerprint density at radius 3 is 1.22 bits per heavy atom. The van der Waals surface area contributed by atoms with Crippen LogP contribution in [0.4, 0.5) is 0 Å². The van der Waals surface area contributed by atoms with Crippen molar-refractivity contribution < 1.29 is 9.90 Å². The summed E-state index contributed by atoms with van der Waals surface area (Å²) in [6.07, 6.45) is 46.8. The van der Waals surface area contributed by atoms with Gasteiger partial charge >= 0.3 is 0 Å². The SMILES string of the molecule is C=C(CCCCCCCN(CCO)CCCCCC(=O)CCCCCCCCCCCC)CC(CCCCCCCC)CCCCCCCC. The highest BCUT2D eigenvalue weighted by atomic mass is 16.3. The predicted molar refractivity (Wildman–Crippen MR) is 224 cm³/mol. The minimum Gasteiger partial charge on any atom is -0.395 e. The number of hydrogen-bond donors (Lipinski definition) is 1. The molecule has 0 aromatic rings. The van der Waals surface area contributed by atoms with E-state index in [9.17, 15) is 9.90 Å². The largest absolute Gasteiger partial charge is 0.395 e. The van der Waals surface area contributed by atoms with Gasteiger partial charge in [-0.1, -0.05) is 206 Å². The third-order valence-electron chi connectivity index (χ3n) is 11.2. The smallest absolute Gasteiger partial charge is 0.132 e. The molecule has 0 fully saturated rings. The summed E-state index contributed by atoms with van der Waals surface area (Å²) in [7, 11) is 0. The van der Waals surface area contributed by atoms with Crippen LogP contribution in [0.1, 0.15) is 252 Å². The normalized spacial score (nSPS) is 11.7. The second-order valence-electron chi connectivity index (χ2n) is 16.3. The number of carbonyl (C=O) groups is 1. The monoisotopic (exact) mass is 704 g/mol. The number of nitrogens with zero attached hydrogens (tertiary/aromatic N) is 1. The highest BCUT2D eigenvalue weighted by molar-refractivity contribution is 5.78. The zero-order valence-corrected chi connectivity index (χ0v) is 34.9. The van der Waals surface area contributed by atoms with Gasteiger partial charge in [0.2, 0.25) is 0 Å². The lowest BCUT2D eigenvalue weighted by Gasteiger charge is -2.21. The van der Waals surface area contributed by atoms with Crippen molar-refractivity contribution >= 4 is 5.78 Å². The molecule has 0 saturated heterocycles. The number of aliphatic hydroxyl groups excluding tert-OH is 1. The Morgan fingerprint density at radius 2 is 0.800 bits per heavy atom. The fraction of sp³-hybridized carbons (Fsp3) is 0.936. The lowest BCUT2D eigenvalue weighted by atomic mass is 9.87. The predicted octanol–water partition coefficient (Wildman–Crippen LogP) is 15.1. The second kappa shape index (κ2) is 41.1. The van der Waals surface area contributed by atoms with E-state index in [1.165, 1.54) is 198 Å². The maximum absolute atomic E-state index is 12.3. The molecular formula is C47H93NO2. The average molecular weight is 704 g/mol. The molecule has 0 atom stereocenters. The molecule has 0 aromatic carbocycles. The second-order valence-corrected chi connectivity index (χ2v) is 16.3. The summed E-state index contributed by atoms with van der Waals surface area (Å²) in [6.45, 7) is 14.6. The van der Waals surface area contributed by atoms with E-state index in [0.29, 0.717) is 5.78 Å². The van der Waals surface area contributed by atoms with Gasteiger partial charge in [0.1, 0.15) is 5.78 Å². The van der Waals surface area contributed by atoms with Gasteiger partial charge in [0.25, 0.3) is 0 Å². The molecule has 298 valence electrons. The van der Waals surface area contributed by atoms with E-state index < -0.39 is 0 Å². The highest BCUT2D eigenvalue weighted by Crippen LogP contribution is 2.27. The molecule has 0 aliphatic heterocycles. The molecule has 1 N–H and O–H groups in total. The highest BCUT2D eigenvalue weighted by Gasteiger charge is 2.11. The molecule has 0 heterocycles. The molecule has 0 aromatic heterocycles. The minimum atomic E-state index is 0.248. The maximum atomic E-state index is 12.3. The minimum absolute atomic E-state index is 0.248. The Kier molecular flexibility index (Phi) is 40.5. The van der Waals surface area contributed by atoms with Crippen molar-refractivity contribution in [2.24, 2.45) is 5.92 Å². The third-order valence-corrected chi connectivity index (χ3v) is 11.2. The summed E-state index contributed by atoms with van der Waals surface area (Å²) in [5, 5.41) is 9.58. The molecule has 0 radical (unpaired) electrons. The molecule has 3 heteroatoms. The summed E-state index contributed by atoms with van der Waals surface area (Å²) < 4.78 is 0. The molecule has 0 aliphatic carbocycles. The summed E-state index contributed by atoms with van der Waals surface area (Å²) in [6, 6.07) is 0. The number of hydrogen-bond acceptors (Lipinski definition) is 3. The van der Waals surface area contributed by atoms with Crippen molar-refractivity contribution in [2.75, 3.05) is 26.2 Å². The topological polar surface area (TPSA) is 40.5 Å². The number of unbranched alkanes of at least 4 members (excludes halogenated alkanes) is 25. The van der Waals surface area contributed by atoms with Gasteiger partial charge in [-0.15, -0.1) is 0 Å². The van der Waals surface area contributed by atoms with Gasteiger partial charge in [-0.25, -0.2) is 0 Å². The van der Waals surface area contributed by atoms with Gasteiger partial charge in [-0.05, 0) is 64.0 Å². The fourth-order valence-electron chi connectivity index (χ4n) is 7.77. The lowest BCUT2D eigenvalue weighted by molar-refractivity contribution is -0.119. The van der Waals surface area contributed by atoms with Crippen LogP contribution in [-0.4, -0.2) is 42.0 Å². The van der Waals surface area contributed by atoms with Gasteiger partial charge in [0.15, 0.2) is 0 Å². The van der Waals surface area contributed by atoms with Crippen molar-refractivity contribution in [3.05, 3.63) is 12.2 Å². The van der Waals surface area contributed by atoms with E-state index >= 15 is 0 Å². The molecular weight excluding hydrogens is 611 g/mol. The molecule has 0 amide bonds. The number of carbonyl (C=O) groups excluding carboxylic acids is 1. The van der Waals surface area contributed by atoms with Crippen molar-refractivity contribution in [3.63, 3.8) is 0 Å². The first-order valence-corrected chi connectivity index (χ1v) is 23.1. The summed E-state index contributed by atoms with van der Waals surface area (Å²) >= 11 is 0. The van der Waals surface area contributed by atoms with Crippen molar-refractivity contribution in [1.82, 2.24) is 4.90 Å². The summed E-state index contributed by atoms with van der Waals surface area (Å²) in [4.78, 5) is 14.8. The van der Waals surface area contributed by atoms with Crippen LogP contribution in [0.25, 0.3) is 0 Å². The van der Waals surface area contributed by atoms with Crippen LogP contribution in [-0.2, 0) is 4.79 Å². The molecule has 0 aliphatic rings. The van der Waals surface area contributed by atoms with Gasteiger partial charge in [0.05, 0.1) is 6.61 Å². The van der Waals surface area contributed by atoms with Crippen LogP contribution in [0, 0.1) is 5.92 Å².